The first-order chi connectivity index (χ1) is 28.5. The molecule has 0 saturated heterocycles. The van der Waals surface area contributed by atoms with E-state index in [0.29, 0.717) is 26.4 Å². The topological polar surface area (TPSA) is 74.2 Å². The molecule has 1 N–H and O–H groups in total. The molecule has 0 aliphatic carbocycles. The molecule has 0 unspecified atom stereocenters. The van der Waals surface area contributed by atoms with Crippen LogP contribution in [0.15, 0.2) is 69.6 Å². The number of hydrogen-bond acceptors (Lipinski definition) is 5. The summed E-state index contributed by atoms with van der Waals surface area (Å²) in [7, 11) is 0. The number of ether oxygens (including phenoxy) is 4. The average molecular weight is 1110 g/mol. The number of halogens is 4. The molecule has 0 bridgehead atoms. The molecule has 0 saturated carbocycles. The van der Waals surface area contributed by atoms with Gasteiger partial charge in [-0.15, -0.1) is 0 Å². The fourth-order valence-corrected chi connectivity index (χ4v) is 7.43. The van der Waals surface area contributed by atoms with E-state index in [-0.39, 0.29) is 21.7 Å². The summed E-state index contributed by atoms with van der Waals surface area (Å²) >= 11 is 12.9. The molecule has 0 amide bonds. The van der Waals surface area contributed by atoms with E-state index in [2.05, 4.69) is 232 Å². The Hall–Kier alpha value is -2.53. The van der Waals surface area contributed by atoms with Gasteiger partial charge in [0.1, 0.15) is 23.0 Å². The first kappa shape index (κ1) is 57.5. The van der Waals surface area contributed by atoms with Crippen molar-refractivity contribution in [3.8, 4) is 23.0 Å². The smallest absolute Gasteiger partial charge is 0.300 e. The highest BCUT2D eigenvalue weighted by molar-refractivity contribution is 9.93. The molecule has 10 heteroatoms. The van der Waals surface area contributed by atoms with E-state index in [9.17, 15) is 0 Å². The van der Waals surface area contributed by atoms with E-state index < -0.39 is 5.97 Å². The van der Waals surface area contributed by atoms with Gasteiger partial charge in [-0.1, -0.05) is 119 Å². The fourth-order valence-electron chi connectivity index (χ4n) is 6.08. The van der Waals surface area contributed by atoms with E-state index in [0.717, 1.165) is 62.8 Å². The van der Waals surface area contributed by atoms with Gasteiger partial charge < -0.3 is 24.1 Å². The van der Waals surface area contributed by atoms with Gasteiger partial charge in [0.2, 0.25) is 0 Å². The number of carboxylic acid groups (broad SMARTS) is 1. The van der Waals surface area contributed by atoms with E-state index in [1.807, 2.05) is 0 Å². The van der Waals surface area contributed by atoms with Gasteiger partial charge in [0.05, 0.1) is 35.4 Å². The number of aliphatic carboxylic acids is 1. The summed E-state index contributed by atoms with van der Waals surface area (Å²) in [5, 5.41) is 7.42. The number of aryl methyl sites for hydroxylation is 4. The Morgan fingerprint density at radius 2 is 0.726 bits per heavy atom. The second-order valence-electron chi connectivity index (χ2n) is 19.8. The summed E-state index contributed by atoms with van der Waals surface area (Å²) in [6.07, 6.45) is 1.68. The van der Waals surface area contributed by atoms with Gasteiger partial charge in [0.25, 0.3) is 5.97 Å². The molecular formula is C52H74Br4O6. The highest BCUT2D eigenvalue weighted by Crippen LogP contribution is 2.37. The van der Waals surface area contributed by atoms with Gasteiger partial charge >= 0.3 is 0 Å². The maximum absolute atomic E-state index is 9.00. The van der Waals surface area contributed by atoms with Crippen LogP contribution in [0.5, 0.6) is 23.0 Å². The first-order valence-corrected chi connectivity index (χ1v) is 26.5. The third-order valence-electron chi connectivity index (χ3n) is 9.86. The molecule has 0 atom stereocenters. The van der Waals surface area contributed by atoms with Gasteiger partial charge in [-0.3, -0.25) is 4.79 Å². The minimum atomic E-state index is -0.833. The Labute approximate surface area is 407 Å². The van der Waals surface area contributed by atoms with Gasteiger partial charge in [0.15, 0.2) is 0 Å². The van der Waals surface area contributed by atoms with Crippen molar-refractivity contribution in [2.75, 3.05) is 26.4 Å². The number of rotatable bonds is 12. The summed E-state index contributed by atoms with van der Waals surface area (Å²) in [5.74, 6) is 2.94. The van der Waals surface area contributed by atoms with E-state index in [1.165, 1.54) is 33.4 Å². The normalized spacial score (nSPS) is 11.5. The van der Waals surface area contributed by atoms with Crippen molar-refractivity contribution < 1.29 is 28.8 Å². The Bertz CT molecular complexity index is 1830. The van der Waals surface area contributed by atoms with Gasteiger partial charge in [0, 0.05) is 48.0 Å². The van der Waals surface area contributed by atoms with Crippen molar-refractivity contribution in [3.63, 3.8) is 0 Å². The zero-order chi connectivity index (χ0) is 47.8. The summed E-state index contributed by atoms with van der Waals surface area (Å²) in [5.41, 5.74) is 10.5. The molecule has 4 rings (SSSR count). The minimum Gasteiger partial charge on any atom is -0.493 e. The zero-order valence-electron chi connectivity index (χ0n) is 40.5. The third-order valence-corrected chi connectivity index (χ3v) is 11.0. The second-order valence-corrected chi connectivity index (χ2v) is 21.5. The largest absolute Gasteiger partial charge is 0.493 e. The summed E-state index contributed by atoms with van der Waals surface area (Å²) in [4.78, 5) is 9.00. The lowest BCUT2D eigenvalue weighted by Gasteiger charge is -2.22. The summed E-state index contributed by atoms with van der Waals surface area (Å²) in [6, 6.07) is 21.7. The molecular weight excluding hydrogens is 1040 g/mol. The van der Waals surface area contributed by atoms with Crippen LogP contribution in [0.25, 0.3) is 0 Å². The van der Waals surface area contributed by atoms with Crippen LogP contribution in [0.3, 0.4) is 0 Å². The molecule has 0 aliphatic heterocycles. The molecule has 346 valence electrons. The number of carbonyl (C=O) groups is 1. The predicted molar refractivity (Wildman–Crippen MR) is 277 cm³/mol. The zero-order valence-corrected chi connectivity index (χ0v) is 46.9. The van der Waals surface area contributed by atoms with Crippen LogP contribution in [-0.4, -0.2) is 37.5 Å². The van der Waals surface area contributed by atoms with Crippen LogP contribution < -0.4 is 18.9 Å². The molecule has 4 aromatic carbocycles. The molecule has 0 spiro atoms. The van der Waals surface area contributed by atoms with Crippen molar-refractivity contribution in [3.05, 3.63) is 114 Å². The highest BCUT2D eigenvalue weighted by Gasteiger charge is 2.20. The summed E-state index contributed by atoms with van der Waals surface area (Å²) < 4.78 is 26.1. The number of benzene rings is 4. The highest BCUT2D eigenvalue weighted by atomic mass is 80.9. The SMILES string of the molecule is BrBr.CC(=O)O.Cc1cc(C(C)(C)C)cc(Br)c1OCCCOc1c(C)cc(C(C)(C)C)cc1Br.Cc1cc(C(C)(C)C)ccc1OCCCOc1ccc(C(C)(C)C)cc1C. The van der Waals surface area contributed by atoms with Gasteiger partial charge in [-0.05, 0) is 150 Å². The molecule has 0 aliphatic rings. The molecule has 62 heavy (non-hydrogen) atoms. The maximum atomic E-state index is 9.00. The van der Waals surface area contributed by atoms with Crippen molar-refractivity contribution >= 4 is 66.1 Å². The van der Waals surface area contributed by atoms with E-state index in [4.69, 9.17) is 28.8 Å². The van der Waals surface area contributed by atoms with Crippen molar-refractivity contribution in [2.45, 2.75) is 152 Å². The molecule has 0 aromatic heterocycles. The second kappa shape index (κ2) is 25.8. The van der Waals surface area contributed by atoms with Crippen LogP contribution in [-0.2, 0) is 26.5 Å². The molecule has 4 aromatic rings. The number of hydrogen-bond donors (Lipinski definition) is 1. The van der Waals surface area contributed by atoms with Crippen molar-refractivity contribution in [1.82, 2.24) is 0 Å². The van der Waals surface area contributed by atoms with Gasteiger partial charge in [-0.2, -0.15) is 0 Å². The Morgan fingerprint density at radius 3 is 0.968 bits per heavy atom. The number of carboxylic acids is 1. The molecule has 0 heterocycles. The van der Waals surface area contributed by atoms with Crippen LogP contribution in [0, 0.1) is 27.7 Å². The Kier molecular flexibility index (Phi) is 23.9. The van der Waals surface area contributed by atoms with Crippen LogP contribution in [0.2, 0.25) is 0 Å². The Balaban J connectivity index is 0.000000551. The molecule has 0 radical (unpaired) electrons. The van der Waals surface area contributed by atoms with Gasteiger partial charge in [-0.25, -0.2) is 0 Å². The lowest BCUT2D eigenvalue weighted by molar-refractivity contribution is -0.134. The van der Waals surface area contributed by atoms with Crippen molar-refractivity contribution in [1.29, 1.82) is 0 Å². The van der Waals surface area contributed by atoms with E-state index in [1.54, 1.807) is 0 Å². The quantitative estimate of drug-likeness (QED) is 0.143. The Morgan fingerprint density at radius 1 is 0.468 bits per heavy atom. The third kappa shape index (κ3) is 20.1. The predicted octanol–water partition coefficient (Wildman–Crippen LogP) is 16.8. The van der Waals surface area contributed by atoms with Crippen LogP contribution in [0.4, 0.5) is 0 Å². The lowest BCUT2D eigenvalue weighted by Crippen LogP contribution is -2.13. The molecule has 6 nitrogen and oxygen atoms in total. The molecule has 0 fully saturated rings. The summed E-state index contributed by atoms with van der Waals surface area (Å²) in [6.45, 7) is 38.8. The lowest BCUT2D eigenvalue weighted by atomic mass is 9.86. The van der Waals surface area contributed by atoms with Crippen LogP contribution >= 0.6 is 60.1 Å². The van der Waals surface area contributed by atoms with E-state index >= 15 is 0 Å². The first-order valence-electron chi connectivity index (χ1n) is 21.2. The standard InChI is InChI=1S/C25H34Br2O2.C25H36O2.C2H4O2.Br2/c1-16-12-18(24(3,4)5)14-20(26)22(16)28-10-9-11-29-23-17(2)13-19(15-21(23)27)25(6,7)8;1-18-16-20(24(3,4)5)10-12-22(18)26-14-9-15-27-23-13-11-21(17-19(23)2)25(6,7)8;1-2(3)4;1-2/h12-15H,9-11H2,1-8H3;10-13,16-17H,9,14-15H2,1-8H3;1H3,(H,3,4);. The fraction of sp³-hybridized carbons (Fsp3) is 0.519. The van der Waals surface area contributed by atoms with Crippen LogP contribution in [0.1, 0.15) is 147 Å². The maximum Gasteiger partial charge on any atom is 0.300 e. The monoisotopic (exact) mass is 1110 g/mol. The van der Waals surface area contributed by atoms with Crippen molar-refractivity contribution in [2.24, 2.45) is 0 Å². The average Bonchev–Trinajstić information content (AvgIpc) is 3.13. The minimum absolute atomic E-state index is 0.118.